The third kappa shape index (κ3) is 5.41. The van der Waals surface area contributed by atoms with Crippen LogP contribution in [-0.4, -0.2) is 48.7 Å². The smallest absolute Gasteiger partial charge is 0.310 e. The molecule has 2 unspecified atom stereocenters. The molecule has 1 saturated heterocycles. The summed E-state index contributed by atoms with van der Waals surface area (Å²) in [5, 5.41) is 0. The van der Waals surface area contributed by atoms with Gasteiger partial charge >= 0.3 is 5.97 Å². The summed E-state index contributed by atoms with van der Waals surface area (Å²) in [5.74, 6) is -0.574. The van der Waals surface area contributed by atoms with E-state index >= 15 is 0 Å². The van der Waals surface area contributed by atoms with Crippen LogP contribution in [0.2, 0.25) is 0 Å². The van der Waals surface area contributed by atoms with Crippen LogP contribution in [0.5, 0.6) is 0 Å². The van der Waals surface area contributed by atoms with Gasteiger partial charge in [0.05, 0.1) is 18.6 Å². The molecule has 1 aliphatic rings. The molecule has 0 aromatic heterocycles. The number of benzene rings is 2. The number of hydrogen-bond acceptors (Lipinski definition) is 4. The second kappa shape index (κ2) is 8.82. The molecule has 1 heterocycles. The number of esters is 1. The van der Waals surface area contributed by atoms with Crippen molar-refractivity contribution in [2.24, 2.45) is 0 Å². The number of carbonyl (C=O) groups excluding carboxylic acids is 2. The molecule has 0 saturated carbocycles. The largest absolute Gasteiger partial charge is 0.455 e. The lowest BCUT2D eigenvalue weighted by Gasteiger charge is -2.35. The van der Waals surface area contributed by atoms with E-state index in [2.05, 4.69) is 0 Å². The van der Waals surface area contributed by atoms with Gasteiger partial charge in [0, 0.05) is 13.1 Å². The van der Waals surface area contributed by atoms with Crippen molar-refractivity contribution in [3.63, 3.8) is 0 Å². The number of carbonyl (C=O) groups is 2. The van der Waals surface area contributed by atoms with Gasteiger partial charge in [0.1, 0.15) is 0 Å². The molecule has 142 valence electrons. The lowest BCUT2D eigenvalue weighted by molar-refractivity contribution is -0.156. The molecule has 5 nitrogen and oxygen atoms in total. The zero-order valence-corrected chi connectivity index (χ0v) is 15.8. The Morgan fingerprint density at radius 2 is 1.56 bits per heavy atom. The van der Waals surface area contributed by atoms with Crippen LogP contribution in [0.4, 0.5) is 0 Å². The summed E-state index contributed by atoms with van der Waals surface area (Å²) in [7, 11) is 0. The first-order valence-corrected chi connectivity index (χ1v) is 9.24. The van der Waals surface area contributed by atoms with Crippen molar-refractivity contribution in [2.75, 3.05) is 19.7 Å². The van der Waals surface area contributed by atoms with Crippen LogP contribution in [0.15, 0.2) is 54.6 Å². The predicted octanol–water partition coefficient (Wildman–Crippen LogP) is 3.08. The molecule has 1 aliphatic heterocycles. The van der Waals surface area contributed by atoms with Gasteiger partial charge in [-0.3, -0.25) is 9.59 Å². The molecule has 2 atom stereocenters. The van der Waals surface area contributed by atoms with Gasteiger partial charge in [-0.15, -0.1) is 0 Å². The van der Waals surface area contributed by atoms with Crippen molar-refractivity contribution < 1.29 is 19.1 Å². The topological polar surface area (TPSA) is 55.8 Å². The molecule has 1 amide bonds. The lowest BCUT2D eigenvalue weighted by atomic mass is 10.0. The number of amides is 1. The van der Waals surface area contributed by atoms with Gasteiger partial charge in [0.2, 0.25) is 0 Å². The van der Waals surface area contributed by atoms with Gasteiger partial charge in [-0.25, -0.2) is 0 Å². The maximum atomic E-state index is 12.2. The molecular weight excluding hydrogens is 342 g/mol. The van der Waals surface area contributed by atoms with Crippen LogP contribution >= 0.6 is 0 Å². The van der Waals surface area contributed by atoms with Crippen LogP contribution < -0.4 is 0 Å². The number of ether oxygens (including phenoxy) is 2. The summed E-state index contributed by atoms with van der Waals surface area (Å²) in [6, 6.07) is 17.9. The number of morpholine rings is 1. The van der Waals surface area contributed by atoms with E-state index in [9.17, 15) is 9.59 Å². The molecule has 1 fully saturated rings. The fraction of sp³-hybridized carbons (Fsp3) is 0.364. The molecule has 0 radical (unpaired) electrons. The first-order chi connectivity index (χ1) is 13.0. The molecule has 3 rings (SSSR count). The van der Waals surface area contributed by atoms with Crippen molar-refractivity contribution in [3.8, 4) is 11.1 Å². The zero-order chi connectivity index (χ0) is 19.2. The van der Waals surface area contributed by atoms with Gasteiger partial charge in [-0.05, 0) is 30.5 Å². The van der Waals surface area contributed by atoms with Crippen molar-refractivity contribution in [2.45, 2.75) is 32.5 Å². The Hall–Kier alpha value is -2.66. The molecule has 2 aromatic carbocycles. The highest BCUT2D eigenvalue weighted by Gasteiger charge is 2.26. The molecule has 2 aromatic rings. The summed E-state index contributed by atoms with van der Waals surface area (Å²) in [5.41, 5.74) is 3.09. The highest BCUT2D eigenvalue weighted by atomic mass is 16.5. The number of hydrogen-bond donors (Lipinski definition) is 0. The van der Waals surface area contributed by atoms with Crippen LogP contribution in [0.1, 0.15) is 19.4 Å². The Labute approximate surface area is 159 Å². The van der Waals surface area contributed by atoms with E-state index in [1.807, 2.05) is 68.4 Å². The Kier molecular flexibility index (Phi) is 6.24. The highest BCUT2D eigenvalue weighted by molar-refractivity contribution is 5.81. The van der Waals surface area contributed by atoms with Gasteiger partial charge in [0.25, 0.3) is 5.91 Å². The molecule has 0 spiro atoms. The maximum absolute atomic E-state index is 12.2. The number of rotatable bonds is 5. The van der Waals surface area contributed by atoms with E-state index < -0.39 is 5.97 Å². The van der Waals surface area contributed by atoms with E-state index in [0.29, 0.717) is 13.1 Å². The lowest BCUT2D eigenvalue weighted by Crippen LogP contribution is -2.49. The first kappa shape index (κ1) is 19.1. The second-order valence-electron chi connectivity index (χ2n) is 6.96. The predicted molar refractivity (Wildman–Crippen MR) is 103 cm³/mol. The third-order valence-corrected chi connectivity index (χ3v) is 4.54. The quantitative estimate of drug-likeness (QED) is 0.762. The van der Waals surface area contributed by atoms with Crippen LogP contribution in [0, 0.1) is 0 Å². The van der Waals surface area contributed by atoms with Crippen molar-refractivity contribution >= 4 is 11.9 Å². The monoisotopic (exact) mass is 367 g/mol. The summed E-state index contributed by atoms with van der Waals surface area (Å²) < 4.78 is 10.8. The Balaban J connectivity index is 1.48. The SMILES string of the molecule is CC1CN(C(=O)COC(=O)Cc2ccc(-c3ccccc3)cc2)CC(C)O1. The number of nitrogens with zero attached hydrogens (tertiary/aromatic N) is 1. The third-order valence-electron chi connectivity index (χ3n) is 4.54. The van der Waals surface area contributed by atoms with Gasteiger partial charge in [-0.1, -0.05) is 54.6 Å². The molecule has 0 aliphatic carbocycles. The van der Waals surface area contributed by atoms with Gasteiger partial charge < -0.3 is 14.4 Å². The fourth-order valence-corrected chi connectivity index (χ4v) is 3.28. The van der Waals surface area contributed by atoms with Gasteiger partial charge in [0.15, 0.2) is 6.61 Å². The zero-order valence-electron chi connectivity index (χ0n) is 15.8. The average Bonchev–Trinajstić information content (AvgIpc) is 2.66. The minimum Gasteiger partial charge on any atom is -0.455 e. The molecule has 0 bridgehead atoms. The van der Waals surface area contributed by atoms with Crippen molar-refractivity contribution in [1.29, 1.82) is 0 Å². The van der Waals surface area contributed by atoms with Crippen LogP contribution in [0.25, 0.3) is 11.1 Å². The van der Waals surface area contributed by atoms with E-state index in [1.54, 1.807) is 4.90 Å². The Morgan fingerprint density at radius 3 is 2.19 bits per heavy atom. The van der Waals surface area contributed by atoms with Crippen LogP contribution in [-0.2, 0) is 25.5 Å². The molecule has 0 N–H and O–H groups in total. The highest BCUT2D eigenvalue weighted by Crippen LogP contribution is 2.19. The standard InChI is InChI=1S/C22H25NO4/c1-16-13-23(14-17(2)27-16)21(24)15-26-22(25)12-18-8-10-20(11-9-18)19-6-4-3-5-7-19/h3-11,16-17H,12-15H2,1-2H3. The minimum absolute atomic E-state index is 0.00321. The van der Waals surface area contributed by atoms with E-state index in [0.717, 1.165) is 16.7 Å². The van der Waals surface area contributed by atoms with Crippen molar-refractivity contribution in [1.82, 2.24) is 4.90 Å². The minimum atomic E-state index is -0.398. The first-order valence-electron chi connectivity index (χ1n) is 9.24. The average molecular weight is 367 g/mol. The Bertz CT molecular complexity index is 763. The van der Waals surface area contributed by atoms with E-state index in [4.69, 9.17) is 9.47 Å². The van der Waals surface area contributed by atoms with Gasteiger partial charge in [-0.2, -0.15) is 0 Å². The summed E-state index contributed by atoms with van der Waals surface area (Å²) in [6.07, 6.45) is 0.145. The second-order valence-corrected chi connectivity index (χ2v) is 6.96. The fourth-order valence-electron chi connectivity index (χ4n) is 3.28. The summed E-state index contributed by atoms with van der Waals surface area (Å²) in [6.45, 7) is 4.70. The summed E-state index contributed by atoms with van der Waals surface area (Å²) >= 11 is 0. The van der Waals surface area contributed by atoms with Crippen LogP contribution in [0.3, 0.4) is 0 Å². The maximum Gasteiger partial charge on any atom is 0.310 e. The molecule has 27 heavy (non-hydrogen) atoms. The molecule has 5 heteroatoms. The molecular formula is C22H25NO4. The normalized spacial score (nSPS) is 19.6. The van der Waals surface area contributed by atoms with Crippen molar-refractivity contribution in [3.05, 3.63) is 60.2 Å². The summed E-state index contributed by atoms with van der Waals surface area (Å²) in [4.78, 5) is 26.0. The van der Waals surface area contributed by atoms with E-state index in [-0.39, 0.29) is 31.1 Å². The Morgan fingerprint density at radius 1 is 0.963 bits per heavy atom. The van der Waals surface area contributed by atoms with E-state index in [1.165, 1.54) is 0 Å².